The van der Waals surface area contributed by atoms with Gasteiger partial charge in [0.25, 0.3) is 0 Å². The monoisotopic (exact) mass is 263 g/mol. The van der Waals surface area contributed by atoms with Gasteiger partial charge >= 0.3 is 0 Å². The van der Waals surface area contributed by atoms with Crippen LogP contribution in [0.5, 0.6) is 0 Å². The van der Waals surface area contributed by atoms with E-state index in [1.807, 2.05) is 12.3 Å². The summed E-state index contributed by atoms with van der Waals surface area (Å²) in [7, 11) is 1.79. The van der Waals surface area contributed by atoms with Crippen molar-refractivity contribution in [3.8, 4) is 0 Å². The number of thiocarbonyl (C=S) groups is 1. The topological polar surface area (TPSA) is 27.6 Å². The van der Waals surface area contributed by atoms with E-state index < -0.39 is 0 Å². The van der Waals surface area contributed by atoms with Gasteiger partial charge < -0.3 is 5.32 Å². The molecule has 1 atom stereocenters. The van der Waals surface area contributed by atoms with Crippen molar-refractivity contribution >= 4 is 23.5 Å². The highest BCUT2D eigenvalue weighted by Crippen LogP contribution is 2.18. The van der Waals surface area contributed by atoms with Gasteiger partial charge in [-0.25, -0.2) is 4.99 Å². The zero-order valence-corrected chi connectivity index (χ0v) is 12.1. The molecule has 0 bridgehead atoms. The number of nitrogens with zero attached hydrogens (tertiary/aromatic N) is 2. The molecule has 0 fully saturated rings. The Morgan fingerprint density at radius 3 is 2.44 bits per heavy atom. The second-order valence-corrected chi connectivity index (χ2v) is 4.30. The van der Waals surface area contributed by atoms with E-state index in [2.05, 4.69) is 53.3 Å². The molecule has 0 saturated heterocycles. The molecule has 0 aromatic heterocycles. The molecule has 4 heteroatoms. The fraction of sp³-hybridized carbons (Fsp3) is 0.429. The maximum absolute atomic E-state index is 5.06. The number of rotatable bonds is 5. The second kappa shape index (κ2) is 7.95. The molecule has 0 saturated carbocycles. The highest BCUT2D eigenvalue weighted by Gasteiger charge is 2.15. The van der Waals surface area contributed by atoms with E-state index in [1.54, 1.807) is 7.05 Å². The minimum atomic E-state index is 0.174. The molecule has 0 aliphatic heterocycles. The average Bonchev–Trinajstić information content (AvgIpc) is 2.44. The van der Waals surface area contributed by atoms with Crippen molar-refractivity contribution in [1.82, 2.24) is 10.2 Å². The van der Waals surface area contributed by atoms with Gasteiger partial charge in [0, 0.05) is 13.3 Å². The van der Waals surface area contributed by atoms with Crippen LogP contribution in [0.2, 0.25) is 0 Å². The normalized spacial score (nSPS) is 12.9. The first-order chi connectivity index (χ1) is 8.72. The van der Waals surface area contributed by atoms with Crippen molar-refractivity contribution in [1.29, 1.82) is 0 Å². The van der Waals surface area contributed by atoms with Gasteiger partial charge in [-0.3, -0.25) is 4.90 Å². The van der Waals surface area contributed by atoms with Crippen LogP contribution < -0.4 is 5.32 Å². The molecule has 0 radical (unpaired) electrons. The van der Waals surface area contributed by atoms with E-state index in [0.717, 1.165) is 13.1 Å². The quantitative estimate of drug-likeness (QED) is 0.654. The Bertz CT molecular complexity index is 385. The highest BCUT2D eigenvalue weighted by molar-refractivity contribution is 7.80. The predicted molar refractivity (Wildman–Crippen MR) is 82.3 cm³/mol. The molecule has 1 N–H and O–H groups in total. The van der Waals surface area contributed by atoms with Crippen LogP contribution in [0.1, 0.15) is 25.5 Å². The lowest BCUT2D eigenvalue weighted by molar-refractivity contribution is 0.275. The standard InChI is InChI=1S/C14H21N3S/c1-4-17(5-2)13(11-16-14(18)15-3)12-9-7-6-8-10-12/h6-11,13H,4-5H2,1-3H3,(H,15,18). The van der Waals surface area contributed by atoms with Crippen LogP contribution in [-0.4, -0.2) is 36.4 Å². The van der Waals surface area contributed by atoms with Crippen LogP contribution in [0.4, 0.5) is 0 Å². The van der Waals surface area contributed by atoms with E-state index in [1.165, 1.54) is 5.56 Å². The first-order valence-electron chi connectivity index (χ1n) is 6.27. The second-order valence-electron chi connectivity index (χ2n) is 3.91. The Kier molecular flexibility index (Phi) is 6.54. The van der Waals surface area contributed by atoms with Gasteiger partial charge in [-0.05, 0) is 30.9 Å². The third-order valence-corrected chi connectivity index (χ3v) is 3.20. The third-order valence-electron chi connectivity index (χ3n) is 2.89. The lowest BCUT2D eigenvalue weighted by Gasteiger charge is -2.26. The van der Waals surface area contributed by atoms with Crippen LogP contribution in [0, 0.1) is 0 Å². The fourth-order valence-corrected chi connectivity index (χ4v) is 1.92. The molecule has 0 spiro atoms. The Morgan fingerprint density at radius 2 is 1.94 bits per heavy atom. The molecule has 1 rings (SSSR count). The Hall–Kier alpha value is -1.26. The SMILES string of the molecule is CCN(CC)C(C=NC(=S)NC)c1ccccc1. The Labute approximate surface area is 115 Å². The molecule has 3 nitrogen and oxygen atoms in total. The summed E-state index contributed by atoms with van der Waals surface area (Å²) in [5.74, 6) is 0. The molecular weight excluding hydrogens is 242 g/mol. The molecule has 0 aliphatic carbocycles. The van der Waals surface area contributed by atoms with Crippen molar-refractivity contribution < 1.29 is 0 Å². The summed E-state index contributed by atoms with van der Waals surface area (Å²) in [6.45, 7) is 6.27. The van der Waals surface area contributed by atoms with E-state index in [4.69, 9.17) is 12.2 Å². The lowest BCUT2D eigenvalue weighted by atomic mass is 10.1. The van der Waals surface area contributed by atoms with Gasteiger partial charge in [0.15, 0.2) is 5.11 Å². The van der Waals surface area contributed by atoms with E-state index in [0.29, 0.717) is 5.11 Å². The summed E-state index contributed by atoms with van der Waals surface area (Å²) >= 11 is 5.06. The van der Waals surface area contributed by atoms with Crippen LogP contribution >= 0.6 is 12.2 Å². The molecule has 0 heterocycles. The third kappa shape index (κ3) is 4.20. The van der Waals surface area contributed by atoms with Gasteiger partial charge in [0.05, 0.1) is 6.04 Å². The predicted octanol–water partition coefficient (Wildman–Crippen LogP) is 2.64. The van der Waals surface area contributed by atoms with Gasteiger partial charge in [-0.1, -0.05) is 44.2 Å². The van der Waals surface area contributed by atoms with Gasteiger partial charge in [0.1, 0.15) is 0 Å². The molecule has 0 aliphatic rings. The largest absolute Gasteiger partial charge is 0.364 e. The molecular formula is C14H21N3S. The Morgan fingerprint density at radius 1 is 1.33 bits per heavy atom. The summed E-state index contributed by atoms with van der Waals surface area (Å²) < 4.78 is 0. The minimum Gasteiger partial charge on any atom is -0.364 e. The van der Waals surface area contributed by atoms with Crippen molar-refractivity contribution in [3.63, 3.8) is 0 Å². The summed E-state index contributed by atoms with van der Waals surface area (Å²) in [6, 6.07) is 10.5. The fourth-order valence-electron chi connectivity index (χ4n) is 1.86. The van der Waals surface area contributed by atoms with Gasteiger partial charge in [0.2, 0.25) is 0 Å². The summed E-state index contributed by atoms with van der Waals surface area (Å²) in [6.07, 6.45) is 1.92. The number of nitrogens with one attached hydrogen (secondary N) is 1. The molecule has 1 aromatic rings. The zero-order chi connectivity index (χ0) is 13.4. The highest BCUT2D eigenvalue weighted by atomic mass is 32.1. The zero-order valence-electron chi connectivity index (χ0n) is 11.3. The molecule has 1 unspecified atom stereocenters. The lowest BCUT2D eigenvalue weighted by Crippen LogP contribution is -2.30. The van der Waals surface area contributed by atoms with Gasteiger partial charge in [-0.2, -0.15) is 0 Å². The molecule has 1 aromatic carbocycles. The summed E-state index contributed by atoms with van der Waals surface area (Å²) in [5.41, 5.74) is 1.24. The average molecular weight is 263 g/mol. The van der Waals surface area contributed by atoms with Crippen LogP contribution in [-0.2, 0) is 0 Å². The number of benzene rings is 1. The maximum Gasteiger partial charge on any atom is 0.192 e. The van der Waals surface area contributed by atoms with Crippen molar-refractivity contribution in [2.75, 3.05) is 20.1 Å². The number of hydrogen-bond acceptors (Lipinski definition) is 2. The molecule has 18 heavy (non-hydrogen) atoms. The number of aliphatic imine (C=N–C) groups is 1. The summed E-state index contributed by atoms with van der Waals surface area (Å²) in [5, 5.41) is 3.38. The van der Waals surface area contributed by atoms with Crippen molar-refractivity contribution in [3.05, 3.63) is 35.9 Å². The Balaban J connectivity index is 2.95. The first-order valence-corrected chi connectivity index (χ1v) is 6.68. The van der Waals surface area contributed by atoms with Crippen molar-refractivity contribution in [2.45, 2.75) is 19.9 Å². The summed E-state index contributed by atoms with van der Waals surface area (Å²) in [4.78, 5) is 6.63. The van der Waals surface area contributed by atoms with Crippen LogP contribution in [0.3, 0.4) is 0 Å². The first kappa shape index (κ1) is 14.8. The van der Waals surface area contributed by atoms with E-state index >= 15 is 0 Å². The molecule has 98 valence electrons. The minimum absolute atomic E-state index is 0.174. The smallest absolute Gasteiger partial charge is 0.192 e. The van der Waals surface area contributed by atoms with Crippen LogP contribution in [0.25, 0.3) is 0 Å². The van der Waals surface area contributed by atoms with Gasteiger partial charge in [-0.15, -0.1) is 0 Å². The maximum atomic E-state index is 5.06. The van der Waals surface area contributed by atoms with E-state index in [9.17, 15) is 0 Å². The van der Waals surface area contributed by atoms with Crippen LogP contribution in [0.15, 0.2) is 35.3 Å². The van der Waals surface area contributed by atoms with Crippen molar-refractivity contribution in [2.24, 2.45) is 4.99 Å². The number of hydrogen-bond donors (Lipinski definition) is 1. The van der Waals surface area contributed by atoms with E-state index in [-0.39, 0.29) is 6.04 Å². The molecule has 0 amide bonds.